The van der Waals surface area contributed by atoms with Crippen molar-refractivity contribution in [3.63, 3.8) is 0 Å². The van der Waals surface area contributed by atoms with Gasteiger partial charge in [0.25, 0.3) is 0 Å². The molecular weight excluding hydrogens is 426 g/mol. The number of thioether (sulfide) groups is 1. The minimum atomic E-state index is -0.189. The number of carbonyl (C=O) groups excluding carboxylic acids is 1. The van der Waals surface area contributed by atoms with Crippen molar-refractivity contribution >= 4 is 23.5 Å². The topological polar surface area (TPSA) is 115 Å². The molecule has 0 saturated carbocycles. The molecule has 1 amide bonds. The number of rotatable bonds is 8. The van der Waals surface area contributed by atoms with Crippen LogP contribution in [0.5, 0.6) is 0 Å². The van der Waals surface area contributed by atoms with Gasteiger partial charge in [-0.2, -0.15) is 9.94 Å². The largest absolute Gasteiger partial charge is 0.467 e. The van der Waals surface area contributed by atoms with Gasteiger partial charge in [-0.1, -0.05) is 30.0 Å². The predicted octanol–water partition coefficient (Wildman–Crippen LogP) is 3.71. The zero-order chi connectivity index (χ0) is 22.5. The average molecular weight is 448 g/mol. The number of nitrogens with one attached hydrogen (secondary N) is 1. The highest BCUT2D eigenvalue weighted by atomic mass is 32.2. The van der Waals surface area contributed by atoms with Crippen molar-refractivity contribution in [1.82, 2.24) is 24.8 Å². The molecule has 0 aliphatic rings. The highest BCUT2D eigenvalue weighted by Crippen LogP contribution is 2.28. The molecule has 0 atom stereocenters. The molecule has 162 valence electrons. The number of tetrazole rings is 1. The lowest BCUT2D eigenvalue weighted by atomic mass is 10.2. The van der Waals surface area contributed by atoms with Crippen molar-refractivity contribution in [2.45, 2.75) is 32.0 Å². The molecule has 1 aromatic carbocycles. The Kier molecular flexibility index (Phi) is 6.37. The molecule has 0 aliphatic heterocycles. The Labute approximate surface area is 189 Å². The van der Waals surface area contributed by atoms with Gasteiger partial charge in [-0.15, -0.1) is 5.10 Å². The third-order valence-electron chi connectivity index (χ3n) is 5.09. The lowest BCUT2D eigenvalue weighted by Crippen LogP contribution is -2.17. The molecule has 0 radical (unpaired) electrons. The standard InChI is InChI=1S/C22H21N7O2S/c1-15-16(2)28(14-18-9-6-11-31-18)21(19(15)13-23)24-20(30)10-12-32-22-25-26-27-29(22)17-7-4-3-5-8-17/h3-9,11H,10,12,14H2,1-2H3,(H,24,30). The van der Waals surface area contributed by atoms with Crippen LogP contribution in [0, 0.1) is 25.2 Å². The van der Waals surface area contributed by atoms with Gasteiger partial charge < -0.3 is 14.3 Å². The third-order valence-corrected chi connectivity index (χ3v) is 6.02. The second-order valence-corrected chi connectivity index (χ2v) is 8.13. The lowest BCUT2D eigenvalue weighted by molar-refractivity contribution is -0.115. The van der Waals surface area contributed by atoms with E-state index < -0.39 is 0 Å². The Bertz CT molecular complexity index is 1250. The first kappa shape index (κ1) is 21.4. The molecule has 9 nitrogen and oxygen atoms in total. The van der Waals surface area contributed by atoms with Gasteiger partial charge in [0.1, 0.15) is 17.6 Å². The van der Waals surface area contributed by atoms with Gasteiger partial charge in [0.2, 0.25) is 11.1 Å². The quantitative estimate of drug-likeness (QED) is 0.409. The second-order valence-electron chi connectivity index (χ2n) is 7.07. The van der Waals surface area contributed by atoms with Crippen molar-refractivity contribution in [2.24, 2.45) is 0 Å². The monoisotopic (exact) mass is 447 g/mol. The van der Waals surface area contributed by atoms with E-state index in [2.05, 4.69) is 26.9 Å². The maximum Gasteiger partial charge on any atom is 0.226 e. The van der Waals surface area contributed by atoms with Crippen LogP contribution in [0.1, 0.15) is 29.0 Å². The molecule has 3 heterocycles. The Hall–Kier alpha value is -3.84. The summed E-state index contributed by atoms with van der Waals surface area (Å²) in [5.74, 6) is 1.53. The van der Waals surface area contributed by atoms with Gasteiger partial charge in [-0.25, -0.2) is 0 Å². The summed E-state index contributed by atoms with van der Waals surface area (Å²) in [6.45, 7) is 4.23. The van der Waals surface area contributed by atoms with E-state index in [0.29, 0.717) is 28.8 Å². The smallest absolute Gasteiger partial charge is 0.226 e. The van der Waals surface area contributed by atoms with Gasteiger partial charge in [0.05, 0.1) is 24.1 Å². The molecule has 0 spiro atoms. The molecule has 4 aromatic rings. The van der Waals surface area contributed by atoms with Crippen molar-refractivity contribution in [2.75, 3.05) is 11.1 Å². The molecule has 10 heteroatoms. The summed E-state index contributed by atoms with van der Waals surface area (Å²) >= 11 is 1.39. The first-order chi connectivity index (χ1) is 15.6. The molecule has 4 rings (SSSR count). The number of furan rings is 1. The number of nitriles is 1. The predicted molar refractivity (Wildman–Crippen MR) is 120 cm³/mol. The number of nitrogens with zero attached hydrogens (tertiary/aromatic N) is 6. The van der Waals surface area contributed by atoms with Crippen molar-refractivity contribution < 1.29 is 9.21 Å². The minimum absolute atomic E-state index is 0.189. The Morgan fingerprint density at radius 2 is 2.03 bits per heavy atom. The van der Waals surface area contributed by atoms with Crippen LogP contribution >= 0.6 is 11.8 Å². The highest BCUT2D eigenvalue weighted by Gasteiger charge is 2.20. The van der Waals surface area contributed by atoms with Crippen LogP contribution in [-0.2, 0) is 11.3 Å². The molecule has 3 aromatic heterocycles. The normalized spacial score (nSPS) is 10.8. The highest BCUT2D eigenvalue weighted by molar-refractivity contribution is 7.99. The lowest BCUT2D eigenvalue weighted by Gasteiger charge is -2.12. The van der Waals surface area contributed by atoms with Crippen LogP contribution in [0.25, 0.3) is 5.69 Å². The summed E-state index contributed by atoms with van der Waals surface area (Å²) in [5.41, 5.74) is 3.06. The summed E-state index contributed by atoms with van der Waals surface area (Å²) in [6, 6.07) is 15.4. The van der Waals surface area contributed by atoms with Crippen molar-refractivity contribution in [3.05, 3.63) is 71.3 Å². The van der Waals surface area contributed by atoms with E-state index in [-0.39, 0.29) is 12.3 Å². The second kappa shape index (κ2) is 9.53. The Balaban J connectivity index is 1.44. The van der Waals surface area contributed by atoms with Crippen LogP contribution in [0.4, 0.5) is 5.82 Å². The number of carbonyl (C=O) groups is 1. The van der Waals surface area contributed by atoms with Crippen LogP contribution < -0.4 is 5.32 Å². The fraction of sp³-hybridized carbons (Fsp3) is 0.227. The molecule has 0 unspecified atom stereocenters. The van der Waals surface area contributed by atoms with Crippen molar-refractivity contribution in [3.8, 4) is 11.8 Å². The molecule has 0 bridgehead atoms. The zero-order valence-electron chi connectivity index (χ0n) is 17.6. The Morgan fingerprint density at radius 3 is 2.75 bits per heavy atom. The van der Waals surface area contributed by atoms with Crippen LogP contribution in [0.15, 0.2) is 58.3 Å². The van der Waals surface area contributed by atoms with Gasteiger partial charge in [-0.05, 0) is 54.1 Å². The maximum absolute atomic E-state index is 12.7. The van der Waals surface area contributed by atoms with E-state index in [1.165, 1.54) is 11.8 Å². The zero-order valence-corrected chi connectivity index (χ0v) is 18.5. The number of hydrogen-bond donors (Lipinski definition) is 1. The molecular formula is C22H21N7O2S. The van der Waals surface area contributed by atoms with E-state index in [4.69, 9.17) is 4.42 Å². The fourth-order valence-corrected chi connectivity index (χ4v) is 4.14. The molecule has 1 N–H and O–H groups in total. The van der Waals surface area contributed by atoms with E-state index >= 15 is 0 Å². The average Bonchev–Trinajstić information content (AvgIpc) is 3.53. The molecule has 0 saturated heterocycles. The number of benzene rings is 1. The van der Waals surface area contributed by atoms with Crippen LogP contribution in [-0.4, -0.2) is 36.4 Å². The number of aromatic nitrogens is 5. The SMILES string of the molecule is Cc1c(C#N)c(NC(=O)CCSc2nnnn2-c2ccccc2)n(Cc2ccco2)c1C. The third kappa shape index (κ3) is 4.43. The number of para-hydroxylation sites is 1. The fourth-order valence-electron chi connectivity index (χ4n) is 3.32. The Morgan fingerprint density at radius 1 is 1.22 bits per heavy atom. The molecule has 0 aliphatic carbocycles. The van der Waals surface area contributed by atoms with Gasteiger partial charge >= 0.3 is 0 Å². The van der Waals surface area contributed by atoms with Crippen LogP contribution in [0.3, 0.4) is 0 Å². The first-order valence-corrected chi connectivity index (χ1v) is 11.0. The maximum atomic E-state index is 12.7. The number of amides is 1. The van der Waals surface area contributed by atoms with E-state index in [0.717, 1.165) is 22.7 Å². The van der Waals surface area contributed by atoms with E-state index in [9.17, 15) is 10.1 Å². The van der Waals surface area contributed by atoms with Crippen LogP contribution in [0.2, 0.25) is 0 Å². The summed E-state index contributed by atoms with van der Waals surface area (Å²) in [7, 11) is 0. The summed E-state index contributed by atoms with van der Waals surface area (Å²) in [4.78, 5) is 12.7. The summed E-state index contributed by atoms with van der Waals surface area (Å²) in [5, 5.41) is 25.0. The van der Waals surface area contributed by atoms with E-state index in [1.807, 2.05) is 60.9 Å². The van der Waals surface area contributed by atoms with E-state index in [1.54, 1.807) is 10.9 Å². The molecule has 32 heavy (non-hydrogen) atoms. The molecule has 0 fully saturated rings. The minimum Gasteiger partial charge on any atom is -0.467 e. The van der Waals surface area contributed by atoms with Gasteiger partial charge in [0, 0.05) is 17.9 Å². The van der Waals surface area contributed by atoms with Gasteiger partial charge in [-0.3, -0.25) is 4.79 Å². The number of anilines is 1. The summed E-state index contributed by atoms with van der Waals surface area (Å²) in [6.07, 6.45) is 1.84. The number of hydrogen-bond acceptors (Lipinski definition) is 7. The first-order valence-electron chi connectivity index (χ1n) is 9.97. The van der Waals surface area contributed by atoms with Crippen molar-refractivity contribution in [1.29, 1.82) is 5.26 Å². The van der Waals surface area contributed by atoms with Gasteiger partial charge in [0.15, 0.2) is 0 Å². The summed E-state index contributed by atoms with van der Waals surface area (Å²) < 4.78 is 8.98.